The quantitative estimate of drug-likeness (QED) is 0.905. The number of aryl methyl sites for hydroxylation is 1. The summed E-state index contributed by atoms with van der Waals surface area (Å²) in [6.07, 6.45) is 0. The van der Waals surface area contributed by atoms with Crippen LogP contribution in [0.1, 0.15) is 19.4 Å². The van der Waals surface area contributed by atoms with E-state index in [9.17, 15) is 0 Å². The van der Waals surface area contributed by atoms with Crippen LogP contribution < -0.4 is 5.32 Å². The molecule has 1 N–H and O–H groups in total. The Bertz CT molecular complexity index is 391. The van der Waals surface area contributed by atoms with Gasteiger partial charge in [0, 0.05) is 16.7 Å². The number of hydrogen-bond acceptors (Lipinski definition) is 2. The largest absolute Gasteiger partial charge is 0.383 e. The van der Waals surface area contributed by atoms with Crippen molar-refractivity contribution in [2.45, 2.75) is 20.8 Å². The maximum absolute atomic E-state index is 8.90. The molecule has 0 atom stereocenters. The molecular formula is C12H15BrN2. The number of benzene rings is 1. The van der Waals surface area contributed by atoms with Crippen LogP contribution in [0.15, 0.2) is 22.7 Å². The molecule has 80 valence electrons. The van der Waals surface area contributed by atoms with E-state index in [1.54, 1.807) is 0 Å². The normalized spacial score (nSPS) is 10.9. The standard InChI is InChI=1S/C12H15BrN2/c1-9-4-5-10(13)6-11(9)15-8-12(2,3)7-14/h4-6,15H,8H2,1-3H3. The van der Waals surface area contributed by atoms with Crippen LogP contribution in [0.3, 0.4) is 0 Å². The summed E-state index contributed by atoms with van der Waals surface area (Å²) in [4.78, 5) is 0. The first-order chi connectivity index (χ1) is 6.94. The van der Waals surface area contributed by atoms with Crippen LogP contribution in [0.4, 0.5) is 5.69 Å². The number of halogens is 1. The Balaban J connectivity index is 2.74. The Morgan fingerprint density at radius 3 is 2.73 bits per heavy atom. The molecule has 0 saturated carbocycles. The van der Waals surface area contributed by atoms with Gasteiger partial charge in [0.25, 0.3) is 0 Å². The van der Waals surface area contributed by atoms with Crippen molar-refractivity contribution in [1.29, 1.82) is 5.26 Å². The third-order valence-electron chi connectivity index (χ3n) is 2.22. The van der Waals surface area contributed by atoms with E-state index in [1.807, 2.05) is 39.0 Å². The summed E-state index contributed by atoms with van der Waals surface area (Å²) < 4.78 is 1.05. The molecule has 0 aliphatic rings. The maximum Gasteiger partial charge on any atom is 0.0702 e. The van der Waals surface area contributed by atoms with Crippen LogP contribution in [-0.2, 0) is 0 Å². The second kappa shape index (κ2) is 4.67. The summed E-state index contributed by atoms with van der Waals surface area (Å²) in [5.41, 5.74) is 1.93. The third kappa shape index (κ3) is 3.56. The molecule has 0 radical (unpaired) electrons. The van der Waals surface area contributed by atoms with Crippen LogP contribution in [0.5, 0.6) is 0 Å². The van der Waals surface area contributed by atoms with Gasteiger partial charge in [0.15, 0.2) is 0 Å². The van der Waals surface area contributed by atoms with Crippen molar-refractivity contribution < 1.29 is 0 Å². The molecule has 0 amide bonds. The second-order valence-corrected chi connectivity index (χ2v) is 5.22. The number of nitrogens with one attached hydrogen (secondary N) is 1. The molecule has 0 unspecified atom stereocenters. The van der Waals surface area contributed by atoms with Crippen molar-refractivity contribution in [3.63, 3.8) is 0 Å². The van der Waals surface area contributed by atoms with E-state index in [1.165, 1.54) is 5.56 Å². The minimum Gasteiger partial charge on any atom is -0.383 e. The molecule has 1 rings (SSSR count). The average molecular weight is 267 g/mol. The van der Waals surface area contributed by atoms with E-state index in [0.717, 1.165) is 10.2 Å². The fourth-order valence-corrected chi connectivity index (χ4v) is 1.50. The zero-order valence-electron chi connectivity index (χ0n) is 9.26. The van der Waals surface area contributed by atoms with Gasteiger partial charge in [-0.15, -0.1) is 0 Å². The second-order valence-electron chi connectivity index (χ2n) is 4.31. The summed E-state index contributed by atoms with van der Waals surface area (Å²) in [6, 6.07) is 8.36. The molecular weight excluding hydrogens is 252 g/mol. The van der Waals surface area contributed by atoms with Crippen LogP contribution in [0.2, 0.25) is 0 Å². The maximum atomic E-state index is 8.90. The Morgan fingerprint density at radius 1 is 1.47 bits per heavy atom. The van der Waals surface area contributed by atoms with E-state index < -0.39 is 0 Å². The molecule has 0 heterocycles. The first-order valence-electron chi connectivity index (χ1n) is 4.86. The Kier molecular flexibility index (Phi) is 3.76. The monoisotopic (exact) mass is 266 g/mol. The van der Waals surface area contributed by atoms with Gasteiger partial charge in [-0.25, -0.2) is 0 Å². The SMILES string of the molecule is Cc1ccc(Br)cc1NCC(C)(C)C#N. The van der Waals surface area contributed by atoms with Gasteiger partial charge in [-0.2, -0.15) is 5.26 Å². The van der Waals surface area contributed by atoms with Gasteiger partial charge in [-0.1, -0.05) is 22.0 Å². The molecule has 0 saturated heterocycles. The molecule has 3 heteroatoms. The molecule has 1 aromatic carbocycles. The lowest BCUT2D eigenvalue weighted by Crippen LogP contribution is -2.21. The molecule has 0 bridgehead atoms. The lowest BCUT2D eigenvalue weighted by atomic mass is 9.96. The minimum absolute atomic E-state index is 0.339. The van der Waals surface area contributed by atoms with Crippen molar-refractivity contribution in [1.82, 2.24) is 0 Å². The highest BCUT2D eigenvalue weighted by molar-refractivity contribution is 9.10. The predicted molar refractivity (Wildman–Crippen MR) is 66.8 cm³/mol. The van der Waals surface area contributed by atoms with Crippen molar-refractivity contribution in [2.24, 2.45) is 5.41 Å². The fraction of sp³-hybridized carbons (Fsp3) is 0.417. The lowest BCUT2D eigenvalue weighted by Gasteiger charge is -2.18. The highest BCUT2D eigenvalue weighted by atomic mass is 79.9. The Hall–Kier alpha value is -1.01. The van der Waals surface area contributed by atoms with Gasteiger partial charge >= 0.3 is 0 Å². The smallest absolute Gasteiger partial charge is 0.0702 e. The number of nitriles is 1. The zero-order chi connectivity index (χ0) is 11.5. The summed E-state index contributed by atoms with van der Waals surface area (Å²) in [6.45, 7) is 6.55. The summed E-state index contributed by atoms with van der Waals surface area (Å²) >= 11 is 3.43. The molecule has 0 fully saturated rings. The molecule has 0 aliphatic heterocycles. The van der Waals surface area contributed by atoms with E-state index in [4.69, 9.17) is 5.26 Å². The first-order valence-corrected chi connectivity index (χ1v) is 5.65. The van der Waals surface area contributed by atoms with Gasteiger partial charge < -0.3 is 5.32 Å². The Labute approximate surface area is 99.4 Å². The van der Waals surface area contributed by atoms with Crippen molar-refractivity contribution in [2.75, 3.05) is 11.9 Å². The van der Waals surface area contributed by atoms with Gasteiger partial charge in [0.2, 0.25) is 0 Å². The summed E-state index contributed by atoms with van der Waals surface area (Å²) in [5.74, 6) is 0. The van der Waals surface area contributed by atoms with Gasteiger partial charge in [0.1, 0.15) is 0 Å². The number of anilines is 1. The molecule has 0 spiro atoms. The molecule has 1 aromatic rings. The molecule has 0 aliphatic carbocycles. The zero-order valence-corrected chi connectivity index (χ0v) is 10.9. The molecule has 0 aromatic heterocycles. The summed E-state index contributed by atoms with van der Waals surface area (Å²) in [7, 11) is 0. The van der Waals surface area contributed by atoms with Gasteiger partial charge in [-0.05, 0) is 38.5 Å². The average Bonchev–Trinajstić information content (AvgIpc) is 2.20. The van der Waals surface area contributed by atoms with Gasteiger partial charge in [0.05, 0.1) is 11.5 Å². The number of nitrogens with zero attached hydrogens (tertiary/aromatic N) is 1. The third-order valence-corrected chi connectivity index (χ3v) is 2.72. The van der Waals surface area contributed by atoms with E-state index in [0.29, 0.717) is 6.54 Å². The number of hydrogen-bond donors (Lipinski definition) is 1. The first kappa shape index (κ1) is 12.1. The van der Waals surface area contributed by atoms with Crippen LogP contribution in [0, 0.1) is 23.7 Å². The van der Waals surface area contributed by atoms with E-state index in [2.05, 4.69) is 27.3 Å². The summed E-state index contributed by atoms with van der Waals surface area (Å²) in [5, 5.41) is 12.2. The van der Waals surface area contributed by atoms with Crippen LogP contribution in [0.25, 0.3) is 0 Å². The van der Waals surface area contributed by atoms with E-state index in [-0.39, 0.29) is 5.41 Å². The predicted octanol–water partition coefficient (Wildman–Crippen LogP) is 3.72. The van der Waals surface area contributed by atoms with Crippen LogP contribution in [-0.4, -0.2) is 6.54 Å². The van der Waals surface area contributed by atoms with Crippen LogP contribution >= 0.6 is 15.9 Å². The van der Waals surface area contributed by atoms with Gasteiger partial charge in [-0.3, -0.25) is 0 Å². The fourth-order valence-electron chi connectivity index (χ4n) is 1.14. The number of rotatable bonds is 3. The minimum atomic E-state index is -0.339. The molecule has 15 heavy (non-hydrogen) atoms. The highest BCUT2D eigenvalue weighted by Gasteiger charge is 2.16. The van der Waals surface area contributed by atoms with Crippen molar-refractivity contribution in [3.8, 4) is 6.07 Å². The lowest BCUT2D eigenvalue weighted by molar-refractivity contribution is 0.529. The topological polar surface area (TPSA) is 35.8 Å². The van der Waals surface area contributed by atoms with Crippen molar-refractivity contribution in [3.05, 3.63) is 28.2 Å². The highest BCUT2D eigenvalue weighted by Crippen LogP contribution is 2.22. The van der Waals surface area contributed by atoms with Crippen molar-refractivity contribution >= 4 is 21.6 Å². The van der Waals surface area contributed by atoms with E-state index >= 15 is 0 Å². The molecule has 2 nitrogen and oxygen atoms in total. The Morgan fingerprint density at radius 2 is 2.13 bits per heavy atom.